The second-order valence-corrected chi connectivity index (χ2v) is 8.13. The molecule has 0 aromatic heterocycles. The molecule has 0 aliphatic carbocycles. The van der Waals surface area contributed by atoms with Crippen LogP contribution in [-0.4, -0.2) is 47.5 Å². The van der Waals surface area contributed by atoms with Gasteiger partial charge in [-0.25, -0.2) is 9.18 Å². The molecule has 8 heteroatoms. The monoisotopic (exact) mass is 413 g/mol. The predicted molar refractivity (Wildman–Crippen MR) is 102 cm³/mol. The maximum absolute atomic E-state index is 14.3. The van der Waals surface area contributed by atoms with E-state index in [2.05, 4.69) is 0 Å². The van der Waals surface area contributed by atoms with Crippen LogP contribution >= 0.6 is 11.6 Å². The number of carbonyl (C=O) groups excluding carboxylic acids is 3. The number of amides is 1. The van der Waals surface area contributed by atoms with E-state index in [0.29, 0.717) is 10.6 Å². The Morgan fingerprint density at radius 3 is 2.57 bits per heavy atom. The molecule has 1 aliphatic rings. The minimum atomic E-state index is -0.900. The zero-order valence-electron chi connectivity index (χ0n) is 16.5. The minimum Gasteiger partial charge on any atom is -0.466 e. The lowest BCUT2D eigenvalue weighted by atomic mass is 9.94. The molecule has 6 nitrogen and oxygen atoms in total. The highest BCUT2D eigenvalue weighted by Crippen LogP contribution is 2.36. The molecule has 2 unspecified atom stereocenters. The summed E-state index contributed by atoms with van der Waals surface area (Å²) in [5.74, 6) is -2.03. The molecular formula is C20H25ClFNO5. The van der Waals surface area contributed by atoms with E-state index in [9.17, 15) is 18.8 Å². The van der Waals surface area contributed by atoms with E-state index in [1.54, 1.807) is 27.7 Å². The van der Waals surface area contributed by atoms with Gasteiger partial charge in [-0.3, -0.25) is 14.5 Å². The predicted octanol–water partition coefficient (Wildman–Crippen LogP) is 4.09. The first-order valence-corrected chi connectivity index (χ1v) is 9.52. The molecule has 1 amide bonds. The van der Waals surface area contributed by atoms with E-state index < -0.39 is 47.6 Å². The fourth-order valence-corrected chi connectivity index (χ4v) is 3.37. The van der Waals surface area contributed by atoms with Crippen LogP contribution in [0.25, 0.3) is 0 Å². The van der Waals surface area contributed by atoms with Gasteiger partial charge >= 0.3 is 12.1 Å². The van der Waals surface area contributed by atoms with Crippen molar-refractivity contribution in [2.24, 2.45) is 0 Å². The summed E-state index contributed by atoms with van der Waals surface area (Å²) in [6.07, 6.45) is -0.961. The molecule has 2 rings (SSSR count). The summed E-state index contributed by atoms with van der Waals surface area (Å²) in [5.41, 5.74) is -0.432. The Morgan fingerprint density at radius 2 is 1.96 bits per heavy atom. The highest BCUT2D eigenvalue weighted by atomic mass is 35.5. The lowest BCUT2D eigenvalue weighted by Crippen LogP contribution is -2.44. The maximum atomic E-state index is 14.3. The molecular weight excluding hydrogens is 389 g/mol. The third-order valence-corrected chi connectivity index (χ3v) is 4.56. The van der Waals surface area contributed by atoms with Gasteiger partial charge in [0.05, 0.1) is 12.6 Å². The molecule has 1 saturated heterocycles. The number of hydrogen-bond donors (Lipinski definition) is 0. The van der Waals surface area contributed by atoms with Gasteiger partial charge in [0.1, 0.15) is 17.8 Å². The first-order valence-electron chi connectivity index (χ1n) is 9.14. The summed E-state index contributed by atoms with van der Waals surface area (Å²) in [7, 11) is 0. The number of esters is 1. The van der Waals surface area contributed by atoms with Crippen molar-refractivity contribution in [2.75, 3.05) is 13.2 Å². The molecule has 1 heterocycles. The van der Waals surface area contributed by atoms with Crippen LogP contribution in [0.1, 0.15) is 52.0 Å². The number of nitrogens with zero attached hydrogens (tertiary/aromatic N) is 1. The Morgan fingerprint density at radius 1 is 1.29 bits per heavy atom. The fraction of sp³-hybridized carbons (Fsp3) is 0.550. The van der Waals surface area contributed by atoms with Gasteiger partial charge in [0.25, 0.3) is 0 Å². The summed E-state index contributed by atoms with van der Waals surface area (Å²) in [6.45, 7) is 7.02. The average Bonchev–Trinajstić information content (AvgIpc) is 3.01. The van der Waals surface area contributed by atoms with Gasteiger partial charge in [-0.15, -0.1) is 0 Å². The van der Waals surface area contributed by atoms with Crippen LogP contribution in [0.5, 0.6) is 0 Å². The molecule has 28 heavy (non-hydrogen) atoms. The van der Waals surface area contributed by atoms with Crippen molar-refractivity contribution in [3.63, 3.8) is 0 Å². The van der Waals surface area contributed by atoms with Crippen molar-refractivity contribution in [1.82, 2.24) is 4.90 Å². The van der Waals surface area contributed by atoms with Crippen LogP contribution in [0.15, 0.2) is 18.2 Å². The Hall–Kier alpha value is -2.15. The number of halogens is 2. The standard InChI is InChI=1S/C20H25ClFNO5/c1-5-27-18(25)10-17(24)16-8-12(14-9-13(21)6-7-15(14)22)11-23(16)19(26)28-20(2,3)4/h6-7,9,12,16H,5,8,10-11H2,1-4H3. The largest absolute Gasteiger partial charge is 0.466 e. The smallest absolute Gasteiger partial charge is 0.410 e. The quantitative estimate of drug-likeness (QED) is 0.537. The molecule has 1 aromatic rings. The Labute approximate surface area is 168 Å². The van der Waals surface area contributed by atoms with Crippen LogP contribution < -0.4 is 0 Å². The summed E-state index contributed by atoms with van der Waals surface area (Å²) in [5, 5.41) is 0.363. The topological polar surface area (TPSA) is 72.9 Å². The molecule has 0 N–H and O–H groups in total. The zero-order chi connectivity index (χ0) is 21.1. The first-order chi connectivity index (χ1) is 13.0. The van der Waals surface area contributed by atoms with E-state index >= 15 is 0 Å². The molecule has 1 aliphatic heterocycles. The number of ketones is 1. The molecule has 0 saturated carbocycles. The second kappa shape index (κ2) is 8.90. The summed E-state index contributed by atoms with van der Waals surface area (Å²) in [6, 6.07) is 3.28. The van der Waals surface area contributed by atoms with Gasteiger partial charge < -0.3 is 9.47 Å². The number of Topliss-reactive ketones (excluding diaryl/α,β-unsaturated/α-hetero) is 1. The molecule has 0 spiro atoms. The van der Waals surface area contributed by atoms with Crippen molar-refractivity contribution in [1.29, 1.82) is 0 Å². The van der Waals surface area contributed by atoms with E-state index in [-0.39, 0.29) is 19.6 Å². The fourth-order valence-electron chi connectivity index (χ4n) is 3.19. The van der Waals surface area contributed by atoms with E-state index in [4.69, 9.17) is 21.1 Å². The summed E-state index contributed by atoms with van der Waals surface area (Å²) >= 11 is 5.98. The molecule has 1 aromatic carbocycles. The van der Waals surface area contributed by atoms with E-state index in [1.807, 2.05) is 0 Å². The minimum absolute atomic E-state index is 0.0887. The number of ether oxygens (including phenoxy) is 2. The van der Waals surface area contributed by atoms with Crippen LogP contribution in [0, 0.1) is 5.82 Å². The van der Waals surface area contributed by atoms with Crippen molar-refractivity contribution < 1.29 is 28.2 Å². The molecule has 1 fully saturated rings. The third-order valence-electron chi connectivity index (χ3n) is 4.32. The molecule has 0 radical (unpaired) electrons. The number of hydrogen-bond acceptors (Lipinski definition) is 5. The number of rotatable bonds is 5. The van der Waals surface area contributed by atoms with Crippen LogP contribution in [0.3, 0.4) is 0 Å². The van der Waals surface area contributed by atoms with Gasteiger partial charge in [0.2, 0.25) is 0 Å². The highest BCUT2D eigenvalue weighted by Gasteiger charge is 2.43. The van der Waals surface area contributed by atoms with Crippen LogP contribution in [0.4, 0.5) is 9.18 Å². The second-order valence-electron chi connectivity index (χ2n) is 7.70. The van der Waals surface area contributed by atoms with Gasteiger partial charge in [-0.2, -0.15) is 0 Å². The number of benzene rings is 1. The van der Waals surface area contributed by atoms with E-state index in [1.165, 1.54) is 23.1 Å². The van der Waals surface area contributed by atoms with Crippen LogP contribution in [-0.2, 0) is 19.1 Å². The van der Waals surface area contributed by atoms with Crippen molar-refractivity contribution in [2.45, 2.75) is 58.1 Å². The lowest BCUT2D eigenvalue weighted by Gasteiger charge is -2.27. The van der Waals surface area contributed by atoms with Crippen molar-refractivity contribution >= 4 is 29.4 Å². The first kappa shape index (κ1) is 22.1. The third kappa shape index (κ3) is 5.67. The number of likely N-dealkylation sites (tertiary alicyclic amines) is 1. The Bertz CT molecular complexity index is 761. The van der Waals surface area contributed by atoms with Gasteiger partial charge in [-0.05, 0) is 57.9 Å². The number of carbonyl (C=O) groups is 3. The maximum Gasteiger partial charge on any atom is 0.410 e. The highest BCUT2D eigenvalue weighted by molar-refractivity contribution is 6.30. The normalized spacial score (nSPS) is 19.4. The van der Waals surface area contributed by atoms with Crippen molar-refractivity contribution in [3.05, 3.63) is 34.6 Å². The lowest BCUT2D eigenvalue weighted by molar-refractivity contribution is -0.146. The van der Waals surface area contributed by atoms with Crippen molar-refractivity contribution in [3.8, 4) is 0 Å². The average molecular weight is 414 g/mol. The Kier molecular flexibility index (Phi) is 7.04. The summed E-state index contributed by atoms with van der Waals surface area (Å²) < 4.78 is 24.5. The molecule has 0 bridgehead atoms. The zero-order valence-corrected chi connectivity index (χ0v) is 17.2. The molecule has 2 atom stereocenters. The van der Waals surface area contributed by atoms with Gasteiger partial charge in [0, 0.05) is 17.5 Å². The SMILES string of the molecule is CCOC(=O)CC(=O)C1CC(c2cc(Cl)ccc2F)CN1C(=O)OC(C)(C)C. The Balaban J connectivity index is 2.27. The van der Waals surface area contributed by atoms with Gasteiger partial charge in [-0.1, -0.05) is 11.6 Å². The van der Waals surface area contributed by atoms with Gasteiger partial charge in [0.15, 0.2) is 5.78 Å². The van der Waals surface area contributed by atoms with Crippen LogP contribution in [0.2, 0.25) is 5.02 Å². The summed E-state index contributed by atoms with van der Waals surface area (Å²) in [4.78, 5) is 38.3. The van der Waals surface area contributed by atoms with E-state index in [0.717, 1.165) is 0 Å². The molecule has 154 valence electrons.